The Morgan fingerprint density at radius 2 is 1.92 bits per heavy atom. The molecule has 1 aliphatic rings. The average Bonchev–Trinajstić information content (AvgIpc) is 3.55. The highest BCUT2D eigenvalue weighted by Gasteiger charge is 2.49. The number of thiophene rings is 1. The molecule has 0 radical (unpaired) electrons. The van der Waals surface area contributed by atoms with Gasteiger partial charge in [-0.2, -0.15) is 5.10 Å². The van der Waals surface area contributed by atoms with E-state index in [1.807, 2.05) is 86.8 Å². The van der Waals surface area contributed by atoms with E-state index in [-0.39, 0.29) is 18.4 Å². The molecule has 2 aromatic heterocycles. The Balaban J connectivity index is 1.53. The van der Waals surface area contributed by atoms with Crippen LogP contribution in [0.5, 0.6) is 5.75 Å². The molecule has 5 rings (SSSR count). The normalized spacial score (nSPS) is 17.1. The lowest BCUT2D eigenvalue weighted by atomic mass is 9.92. The van der Waals surface area contributed by atoms with Gasteiger partial charge in [-0.05, 0) is 73.2 Å². The summed E-state index contributed by atoms with van der Waals surface area (Å²) in [6, 6.07) is 19.3. The minimum absolute atomic E-state index is 0.237. The van der Waals surface area contributed by atoms with Crippen molar-refractivity contribution in [3.8, 4) is 16.3 Å². The number of fused-ring (bicyclic) bond motifs is 1. The summed E-state index contributed by atoms with van der Waals surface area (Å²) in [4.78, 5) is 30.4. The van der Waals surface area contributed by atoms with Crippen molar-refractivity contribution < 1.29 is 14.3 Å². The van der Waals surface area contributed by atoms with Crippen LogP contribution in [0.1, 0.15) is 34.1 Å². The summed E-state index contributed by atoms with van der Waals surface area (Å²) in [5, 5.41) is 9.75. The summed E-state index contributed by atoms with van der Waals surface area (Å²) in [6.07, 6.45) is 0. The van der Waals surface area contributed by atoms with E-state index in [0.717, 1.165) is 38.7 Å². The number of nitrogens with one attached hydrogen (secondary N) is 1. The van der Waals surface area contributed by atoms with Crippen LogP contribution in [-0.4, -0.2) is 34.2 Å². The van der Waals surface area contributed by atoms with Crippen LogP contribution in [0.25, 0.3) is 10.6 Å². The Bertz CT molecular complexity index is 1430. The number of aromatic nitrogens is 2. The predicted molar refractivity (Wildman–Crippen MR) is 142 cm³/mol. The molecule has 7 nitrogen and oxygen atoms in total. The molecule has 1 aliphatic heterocycles. The molecule has 0 spiro atoms. The minimum atomic E-state index is -1.19. The summed E-state index contributed by atoms with van der Waals surface area (Å²) in [5.74, 6) is 0.266. The number of amides is 2. The first-order valence-electron chi connectivity index (χ1n) is 11.7. The summed E-state index contributed by atoms with van der Waals surface area (Å²) < 4.78 is 6.90. The minimum Gasteiger partial charge on any atom is -0.497 e. The molecule has 36 heavy (non-hydrogen) atoms. The highest BCUT2D eigenvalue weighted by molar-refractivity contribution is 7.13. The zero-order valence-electron chi connectivity index (χ0n) is 20.7. The number of aryl methyl sites for hydroxylation is 2. The lowest BCUT2D eigenvalue weighted by Gasteiger charge is -2.43. The molecule has 1 N–H and O–H groups in total. The maximum absolute atomic E-state index is 14.0. The van der Waals surface area contributed by atoms with Gasteiger partial charge in [0.15, 0.2) is 0 Å². The fourth-order valence-corrected chi connectivity index (χ4v) is 5.26. The molecule has 4 aromatic rings. The molecule has 0 bridgehead atoms. The maximum Gasteiger partial charge on any atom is 0.277 e. The van der Waals surface area contributed by atoms with Crippen LogP contribution in [0, 0.1) is 13.8 Å². The van der Waals surface area contributed by atoms with E-state index in [9.17, 15) is 9.59 Å². The van der Waals surface area contributed by atoms with Crippen molar-refractivity contribution in [1.82, 2.24) is 15.1 Å². The van der Waals surface area contributed by atoms with Gasteiger partial charge in [-0.15, -0.1) is 11.3 Å². The van der Waals surface area contributed by atoms with Crippen molar-refractivity contribution in [3.63, 3.8) is 0 Å². The highest BCUT2D eigenvalue weighted by Crippen LogP contribution is 2.36. The zero-order chi connectivity index (χ0) is 25.4. The number of ether oxygens (including phenoxy) is 1. The van der Waals surface area contributed by atoms with Crippen LogP contribution >= 0.6 is 11.3 Å². The molecular weight excluding hydrogens is 472 g/mol. The Labute approximate surface area is 214 Å². The van der Waals surface area contributed by atoms with E-state index >= 15 is 0 Å². The first kappa shape index (κ1) is 23.8. The largest absolute Gasteiger partial charge is 0.497 e. The number of benzene rings is 2. The Hall–Kier alpha value is -3.91. The molecule has 0 aliphatic carbocycles. The van der Waals surface area contributed by atoms with E-state index in [4.69, 9.17) is 9.84 Å². The molecule has 0 saturated carbocycles. The molecule has 2 amide bonds. The summed E-state index contributed by atoms with van der Waals surface area (Å²) in [6.45, 7) is 6.32. The maximum atomic E-state index is 14.0. The summed E-state index contributed by atoms with van der Waals surface area (Å²) in [7, 11) is 1.62. The zero-order valence-corrected chi connectivity index (χ0v) is 21.6. The van der Waals surface area contributed by atoms with Crippen LogP contribution in [-0.2, 0) is 17.9 Å². The van der Waals surface area contributed by atoms with Crippen molar-refractivity contribution in [2.45, 2.75) is 39.4 Å². The second-order valence-electron chi connectivity index (χ2n) is 9.28. The number of anilines is 1. The number of nitrogens with zero attached hydrogens (tertiary/aromatic N) is 3. The second kappa shape index (κ2) is 9.28. The molecule has 8 heteroatoms. The molecule has 184 valence electrons. The number of hydrogen-bond acceptors (Lipinski definition) is 5. The second-order valence-corrected chi connectivity index (χ2v) is 10.2. The quantitative estimate of drug-likeness (QED) is 0.405. The van der Waals surface area contributed by atoms with Gasteiger partial charge in [0.1, 0.15) is 22.7 Å². The van der Waals surface area contributed by atoms with Gasteiger partial charge >= 0.3 is 0 Å². The van der Waals surface area contributed by atoms with E-state index in [1.165, 1.54) is 0 Å². The summed E-state index contributed by atoms with van der Waals surface area (Å²) >= 11 is 1.57. The molecule has 2 aromatic carbocycles. The third-order valence-corrected chi connectivity index (χ3v) is 7.53. The third kappa shape index (κ3) is 4.18. The standard InChI is InChI=1S/C28H28N4O3S/c1-18-7-8-19(2)23(14-18)32-26(33)24-15-22(25-6-5-13-36-25)30-31(24)17-28(32,3)27(34)29-16-20-9-11-21(35-4)12-10-20/h5-15H,16-17H2,1-4H3,(H,29,34)/t28-/m1/s1. The molecule has 1 atom stereocenters. The van der Waals surface area contributed by atoms with Crippen molar-refractivity contribution >= 4 is 28.8 Å². The number of rotatable bonds is 6. The first-order chi connectivity index (χ1) is 17.3. The monoisotopic (exact) mass is 500 g/mol. The van der Waals surface area contributed by atoms with Crippen molar-refractivity contribution in [2.75, 3.05) is 12.0 Å². The van der Waals surface area contributed by atoms with E-state index < -0.39 is 5.54 Å². The Kier molecular flexibility index (Phi) is 6.14. The van der Waals surface area contributed by atoms with Crippen LogP contribution in [0.4, 0.5) is 5.69 Å². The van der Waals surface area contributed by atoms with Gasteiger partial charge in [-0.3, -0.25) is 19.2 Å². The molecular formula is C28H28N4O3S. The lowest BCUT2D eigenvalue weighted by Crippen LogP contribution is -2.64. The predicted octanol–water partition coefficient (Wildman–Crippen LogP) is 4.97. The molecule has 0 fully saturated rings. The number of carbonyl (C=O) groups excluding carboxylic acids is 2. The van der Waals surface area contributed by atoms with E-state index in [0.29, 0.717) is 12.2 Å². The van der Waals surface area contributed by atoms with Gasteiger partial charge in [-0.1, -0.05) is 30.3 Å². The van der Waals surface area contributed by atoms with Gasteiger partial charge in [0.25, 0.3) is 5.91 Å². The smallest absolute Gasteiger partial charge is 0.277 e. The number of hydrogen-bond donors (Lipinski definition) is 1. The molecule has 3 heterocycles. The van der Waals surface area contributed by atoms with Crippen molar-refractivity contribution in [2.24, 2.45) is 0 Å². The van der Waals surface area contributed by atoms with Gasteiger partial charge in [0, 0.05) is 12.2 Å². The Morgan fingerprint density at radius 3 is 2.61 bits per heavy atom. The van der Waals surface area contributed by atoms with Crippen LogP contribution < -0.4 is 15.0 Å². The lowest BCUT2D eigenvalue weighted by molar-refractivity contribution is -0.126. The van der Waals surface area contributed by atoms with Crippen molar-refractivity contribution in [1.29, 1.82) is 0 Å². The number of carbonyl (C=O) groups is 2. The SMILES string of the molecule is COc1ccc(CNC(=O)[C@@]2(C)Cn3nc(-c4cccs4)cc3C(=O)N2c2cc(C)ccc2C)cc1. The average molecular weight is 501 g/mol. The van der Waals surface area contributed by atoms with Crippen LogP contribution in [0.2, 0.25) is 0 Å². The topological polar surface area (TPSA) is 76.5 Å². The van der Waals surface area contributed by atoms with E-state index in [1.54, 1.807) is 28.0 Å². The van der Waals surface area contributed by atoms with Gasteiger partial charge in [0.2, 0.25) is 5.91 Å². The Morgan fingerprint density at radius 1 is 1.14 bits per heavy atom. The van der Waals surface area contributed by atoms with Gasteiger partial charge in [0.05, 0.1) is 18.5 Å². The van der Waals surface area contributed by atoms with Crippen LogP contribution in [0.3, 0.4) is 0 Å². The van der Waals surface area contributed by atoms with Crippen LogP contribution in [0.15, 0.2) is 66.0 Å². The first-order valence-corrected chi connectivity index (χ1v) is 12.6. The number of methoxy groups -OCH3 is 1. The molecule has 0 unspecified atom stereocenters. The third-order valence-electron chi connectivity index (χ3n) is 6.63. The van der Waals surface area contributed by atoms with Gasteiger partial charge in [-0.25, -0.2) is 0 Å². The van der Waals surface area contributed by atoms with E-state index in [2.05, 4.69) is 5.32 Å². The fourth-order valence-electron chi connectivity index (χ4n) is 4.58. The highest BCUT2D eigenvalue weighted by atomic mass is 32.1. The molecule has 0 saturated heterocycles. The fraction of sp³-hybridized carbons (Fsp3) is 0.250. The van der Waals surface area contributed by atoms with Crippen molar-refractivity contribution in [3.05, 3.63) is 88.4 Å². The summed E-state index contributed by atoms with van der Waals surface area (Å²) in [5.41, 5.74) is 3.63. The van der Waals surface area contributed by atoms with Gasteiger partial charge < -0.3 is 10.1 Å².